The molecule has 1 aromatic carbocycles. The molecule has 0 aliphatic heterocycles. The van der Waals surface area contributed by atoms with Crippen LogP contribution in [0.15, 0.2) is 18.2 Å². The lowest BCUT2D eigenvalue weighted by Crippen LogP contribution is -2.01. The number of hydrogen-bond donors (Lipinski definition) is 1. The van der Waals surface area contributed by atoms with Gasteiger partial charge in [0.25, 0.3) is 0 Å². The van der Waals surface area contributed by atoms with Crippen molar-refractivity contribution in [1.82, 2.24) is 0 Å². The monoisotopic (exact) mass is 282 g/mol. The van der Waals surface area contributed by atoms with Gasteiger partial charge in [0.15, 0.2) is 0 Å². The summed E-state index contributed by atoms with van der Waals surface area (Å²) in [6.07, 6.45) is 10.1. The molecule has 0 saturated heterocycles. The zero-order valence-electron chi connectivity index (χ0n) is 12.5. The van der Waals surface area contributed by atoms with Crippen LogP contribution in [0.5, 0.6) is 5.75 Å². The van der Waals surface area contributed by atoms with E-state index in [1.165, 1.54) is 57.1 Å². The van der Waals surface area contributed by atoms with Crippen LogP contribution < -0.4 is 4.74 Å². The van der Waals surface area contributed by atoms with Crippen molar-refractivity contribution in [3.05, 3.63) is 29.6 Å². The molecule has 1 aromatic rings. The molecule has 0 amide bonds. The zero-order chi connectivity index (χ0) is 14.6. The Balaban J connectivity index is 2.09. The highest BCUT2D eigenvalue weighted by molar-refractivity contribution is 5.33. The number of halogens is 1. The fourth-order valence-corrected chi connectivity index (χ4v) is 2.23. The lowest BCUT2D eigenvalue weighted by atomic mass is 10.1. The maximum atomic E-state index is 13.0. The van der Waals surface area contributed by atoms with E-state index in [-0.39, 0.29) is 12.4 Å². The molecule has 0 radical (unpaired) electrons. The molecule has 0 aliphatic rings. The van der Waals surface area contributed by atoms with Crippen LogP contribution in [-0.2, 0) is 6.61 Å². The zero-order valence-corrected chi connectivity index (χ0v) is 12.5. The molecular formula is C17H27FO2. The summed E-state index contributed by atoms with van der Waals surface area (Å²) in [7, 11) is 0. The van der Waals surface area contributed by atoms with Crippen LogP contribution in [0.1, 0.15) is 63.9 Å². The summed E-state index contributed by atoms with van der Waals surface area (Å²) in [5.74, 6) is 0.255. The van der Waals surface area contributed by atoms with Crippen LogP contribution in [0.4, 0.5) is 4.39 Å². The van der Waals surface area contributed by atoms with Gasteiger partial charge in [0.1, 0.15) is 11.6 Å². The quantitative estimate of drug-likeness (QED) is 0.589. The molecule has 2 nitrogen and oxygen atoms in total. The summed E-state index contributed by atoms with van der Waals surface area (Å²) in [6.45, 7) is 2.67. The van der Waals surface area contributed by atoms with Crippen molar-refractivity contribution < 1.29 is 14.2 Å². The van der Waals surface area contributed by atoms with E-state index < -0.39 is 0 Å². The Morgan fingerprint density at radius 2 is 1.65 bits per heavy atom. The van der Waals surface area contributed by atoms with Gasteiger partial charge in [0.05, 0.1) is 13.2 Å². The standard InChI is InChI=1S/C17H27FO2/c1-2-3-4-5-6-7-8-9-12-20-17-11-10-16(18)13-15(17)14-19/h10-11,13,19H,2-9,12,14H2,1H3. The molecule has 0 heterocycles. The average Bonchev–Trinajstić information content (AvgIpc) is 2.46. The van der Waals surface area contributed by atoms with Gasteiger partial charge >= 0.3 is 0 Å². The average molecular weight is 282 g/mol. The molecule has 0 fully saturated rings. The molecule has 20 heavy (non-hydrogen) atoms. The number of hydrogen-bond acceptors (Lipinski definition) is 2. The molecule has 0 aromatic heterocycles. The first-order valence-corrected chi connectivity index (χ1v) is 7.80. The molecule has 0 spiro atoms. The normalized spacial score (nSPS) is 10.8. The third kappa shape index (κ3) is 6.90. The van der Waals surface area contributed by atoms with E-state index in [1.807, 2.05) is 0 Å². The van der Waals surface area contributed by atoms with Crippen LogP contribution >= 0.6 is 0 Å². The molecule has 0 atom stereocenters. The summed E-state index contributed by atoms with van der Waals surface area (Å²) < 4.78 is 18.6. The van der Waals surface area contributed by atoms with Crippen molar-refractivity contribution in [2.24, 2.45) is 0 Å². The van der Waals surface area contributed by atoms with Gasteiger partial charge in [-0.3, -0.25) is 0 Å². The summed E-state index contributed by atoms with van der Waals surface area (Å²) in [5, 5.41) is 9.14. The maximum Gasteiger partial charge on any atom is 0.125 e. The highest BCUT2D eigenvalue weighted by Gasteiger charge is 2.04. The highest BCUT2D eigenvalue weighted by Crippen LogP contribution is 2.20. The summed E-state index contributed by atoms with van der Waals surface area (Å²) >= 11 is 0. The molecule has 0 bridgehead atoms. The molecular weight excluding hydrogens is 255 g/mol. The second kappa shape index (κ2) is 10.7. The molecule has 0 unspecified atom stereocenters. The summed E-state index contributed by atoms with van der Waals surface area (Å²) in [6, 6.07) is 4.27. The minimum absolute atomic E-state index is 0.190. The smallest absolute Gasteiger partial charge is 0.125 e. The van der Waals surface area contributed by atoms with Crippen molar-refractivity contribution in [2.75, 3.05) is 6.61 Å². The SMILES string of the molecule is CCCCCCCCCCOc1ccc(F)cc1CO. The topological polar surface area (TPSA) is 29.5 Å². The van der Waals surface area contributed by atoms with Gasteiger partial charge in [0, 0.05) is 5.56 Å². The predicted octanol–water partition coefficient (Wildman–Crippen LogP) is 4.84. The van der Waals surface area contributed by atoms with E-state index in [0.717, 1.165) is 6.42 Å². The van der Waals surface area contributed by atoms with Crippen molar-refractivity contribution in [3.8, 4) is 5.75 Å². The van der Waals surface area contributed by atoms with Crippen LogP contribution in [-0.4, -0.2) is 11.7 Å². The highest BCUT2D eigenvalue weighted by atomic mass is 19.1. The second-order valence-electron chi connectivity index (χ2n) is 5.23. The predicted molar refractivity (Wildman–Crippen MR) is 80.4 cm³/mol. The molecule has 1 N–H and O–H groups in total. The number of unbranched alkanes of at least 4 members (excludes halogenated alkanes) is 7. The Labute approximate surface area is 122 Å². The Morgan fingerprint density at radius 3 is 2.30 bits per heavy atom. The van der Waals surface area contributed by atoms with E-state index in [1.54, 1.807) is 6.07 Å². The van der Waals surface area contributed by atoms with E-state index >= 15 is 0 Å². The number of ether oxygens (including phenoxy) is 1. The fraction of sp³-hybridized carbons (Fsp3) is 0.647. The molecule has 0 saturated carbocycles. The first kappa shape index (κ1) is 17.0. The maximum absolute atomic E-state index is 13.0. The van der Waals surface area contributed by atoms with Gasteiger partial charge in [-0.05, 0) is 24.6 Å². The number of rotatable bonds is 11. The van der Waals surface area contributed by atoms with Gasteiger partial charge < -0.3 is 9.84 Å². The summed E-state index contributed by atoms with van der Waals surface area (Å²) in [5.41, 5.74) is 0.518. The minimum atomic E-state index is -0.339. The Kier molecular flexibility index (Phi) is 9.05. The van der Waals surface area contributed by atoms with Gasteiger partial charge in [0.2, 0.25) is 0 Å². The minimum Gasteiger partial charge on any atom is -0.493 e. The number of aliphatic hydroxyl groups is 1. The fourth-order valence-electron chi connectivity index (χ4n) is 2.23. The Morgan fingerprint density at radius 1 is 1.00 bits per heavy atom. The van der Waals surface area contributed by atoms with Crippen molar-refractivity contribution >= 4 is 0 Å². The van der Waals surface area contributed by atoms with Gasteiger partial charge in [-0.25, -0.2) is 4.39 Å². The lowest BCUT2D eigenvalue weighted by Gasteiger charge is -2.10. The van der Waals surface area contributed by atoms with Crippen molar-refractivity contribution in [3.63, 3.8) is 0 Å². The van der Waals surface area contributed by atoms with E-state index in [2.05, 4.69) is 6.92 Å². The largest absolute Gasteiger partial charge is 0.493 e. The van der Waals surface area contributed by atoms with Crippen LogP contribution in [0.2, 0.25) is 0 Å². The van der Waals surface area contributed by atoms with Crippen molar-refractivity contribution in [1.29, 1.82) is 0 Å². The molecule has 0 aliphatic carbocycles. The second-order valence-corrected chi connectivity index (χ2v) is 5.23. The van der Waals surface area contributed by atoms with E-state index in [9.17, 15) is 4.39 Å². The van der Waals surface area contributed by atoms with Gasteiger partial charge in [-0.15, -0.1) is 0 Å². The third-order valence-corrected chi connectivity index (χ3v) is 3.45. The van der Waals surface area contributed by atoms with Crippen LogP contribution in [0.25, 0.3) is 0 Å². The first-order chi connectivity index (χ1) is 9.77. The first-order valence-electron chi connectivity index (χ1n) is 7.80. The number of benzene rings is 1. The van der Waals surface area contributed by atoms with Gasteiger partial charge in [-0.1, -0.05) is 51.9 Å². The summed E-state index contributed by atoms with van der Waals surface area (Å²) in [4.78, 5) is 0. The Bertz CT molecular complexity index is 366. The van der Waals surface area contributed by atoms with Crippen molar-refractivity contribution in [2.45, 2.75) is 64.9 Å². The van der Waals surface area contributed by atoms with E-state index in [4.69, 9.17) is 9.84 Å². The molecule has 1 rings (SSSR count). The van der Waals surface area contributed by atoms with Crippen LogP contribution in [0.3, 0.4) is 0 Å². The van der Waals surface area contributed by atoms with Crippen LogP contribution in [0, 0.1) is 5.82 Å². The molecule has 3 heteroatoms. The number of aliphatic hydroxyl groups excluding tert-OH is 1. The molecule has 114 valence electrons. The lowest BCUT2D eigenvalue weighted by molar-refractivity contribution is 0.259. The Hall–Kier alpha value is -1.09. The van der Waals surface area contributed by atoms with E-state index in [0.29, 0.717) is 17.9 Å². The third-order valence-electron chi connectivity index (χ3n) is 3.45. The van der Waals surface area contributed by atoms with Gasteiger partial charge in [-0.2, -0.15) is 0 Å².